The van der Waals surface area contributed by atoms with E-state index in [2.05, 4.69) is 25.5 Å². The van der Waals surface area contributed by atoms with Crippen molar-refractivity contribution >= 4 is 40.7 Å². The summed E-state index contributed by atoms with van der Waals surface area (Å²) in [7, 11) is 1.88. The number of hydrogen-bond acceptors (Lipinski definition) is 8. The molecule has 1 N–H and O–H groups in total. The van der Waals surface area contributed by atoms with E-state index in [0.717, 1.165) is 25.3 Å². The Morgan fingerprint density at radius 3 is 2.68 bits per heavy atom. The number of hydrogen-bond donors (Lipinski definition) is 1. The van der Waals surface area contributed by atoms with E-state index in [1.165, 1.54) is 12.8 Å². The molecule has 0 bridgehead atoms. The van der Waals surface area contributed by atoms with E-state index in [0.29, 0.717) is 5.92 Å². The lowest BCUT2D eigenvalue weighted by Crippen LogP contribution is -2.00. The van der Waals surface area contributed by atoms with E-state index in [1.54, 1.807) is 34.9 Å². The van der Waals surface area contributed by atoms with E-state index in [1.807, 2.05) is 19.4 Å². The first kappa shape index (κ1) is 13.1. The SMILES string of the molecule is CNc1cc(Sc2nnc(SC)s2)nc(C2CC2)n1. The summed E-state index contributed by atoms with van der Waals surface area (Å²) in [5.74, 6) is 2.36. The summed E-state index contributed by atoms with van der Waals surface area (Å²) in [4.78, 5) is 9.12. The highest BCUT2D eigenvalue weighted by Crippen LogP contribution is 2.40. The second kappa shape index (κ2) is 5.64. The fourth-order valence-electron chi connectivity index (χ4n) is 1.56. The Morgan fingerprint density at radius 2 is 2.05 bits per heavy atom. The van der Waals surface area contributed by atoms with Gasteiger partial charge in [0.1, 0.15) is 16.7 Å². The summed E-state index contributed by atoms with van der Waals surface area (Å²) < 4.78 is 1.90. The van der Waals surface area contributed by atoms with Crippen molar-refractivity contribution in [1.82, 2.24) is 20.2 Å². The van der Waals surface area contributed by atoms with E-state index in [4.69, 9.17) is 0 Å². The lowest BCUT2D eigenvalue weighted by atomic mass is 10.4. The highest BCUT2D eigenvalue weighted by atomic mass is 32.2. The first-order valence-electron chi connectivity index (χ1n) is 5.90. The molecule has 5 nitrogen and oxygen atoms in total. The van der Waals surface area contributed by atoms with Crippen LogP contribution in [-0.4, -0.2) is 33.5 Å². The highest BCUT2D eigenvalue weighted by molar-refractivity contribution is 8.02. The molecule has 8 heteroatoms. The first-order chi connectivity index (χ1) is 9.28. The Bertz CT molecular complexity index is 581. The second-order valence-electron chi connectivity index (χ2n) is 4.11. The van der Waals surface area contributed by atoms with Gasteiger partial charge in [-0.3, -0.25) is 0 Å². The summed E-state index contributed by atoms with van der Waals surface area (Å²) in [6.07, 6.45) is 4.41. The average molecular weight is 311 g/mol. The molecule has 0 amide bonds. The van der Waals surface area contributed by atoms with Crippen LogP contribution in [0.2, 0.25) is 0 Å². The Morgan fingerprint density at radius 1 is 1.26 bits per heavy atom. The molecule has 0 saturated heterocycles. The predicted molar refractivity (Wildman–Crippen MR) is 79.4 cm³/mol. The summed E-state index contributed by atoms with van der Waals surface area (Å²) in [6, 6.07) is 1.96. The van der Waals surface area contributed by atoms with Crippen molar-refractivity contribution in [3.8, 4) is 0 Å². The molecule has 2 heterocycles. The topological polar surface area (TPSA) is 63.6 Å². The van der Waals surface area contributed by atoms with Gasteiger partial charge in [0.25, 0.3) is 0 Å². The van der Waals surface area contributed by atoms with Crippen LogP contribution in [0.15, 0.2) is 19.8 Å². The monoisotopic (exact) mass is 311 g/mol. The summed E-state index contributed by atoms with van der Waals surface area (Å²) in [5, 5.41) is 12.3. The smallest absolute Gasteiger partial charge is 0.181 e. The molecule has 1 aliphatic carbocycles. The van der Waals surface area contributed by atoms with Gasteiger partial charge in [-0.05, 0) is 30.9 Å². The molecule has 0 aromatic carbocycles. The van der Waals surface area contributed by atoms with E-state index in [9.17, 15) is 0 Å². The molecule has 0 aliphatic heterocycles. The maximum atomic E-state index is 4.62. The Kier molecular flexibility index (Phi) is 3.90. The number of anilines is 1. The van der Waals surface area contributed by atoms with Crippen molar-refractivity contribution in [3.63, 3.8) is 0 Å². The minimum Gasteiger partial charge on any atom is -0.373 e. The van der Waals surface area contributed by atoms with E-state index in [-0.39, 0.29) is 0 Å². The van der Waals surface area contributed by atoms with Crippen molar-refractivity contribution in [3.05, 3.63) is 11.9 Å². The van der Waals surface area contributed by atoms with Crippen LogP contribution in [0.5, 0.6) is 0 Å². The average Bonchev–Trinajstić information content (AvgIpc) is 3.19. The maximum Gasteiger partial charge on any atom is 0.181 e. The molecule has 3 rings (SSSR count). The fraction of sp³-hybridized carbons (Fsp3) is 0.455. The number of nitrogens with one attached hydrogen (secondary N) is 1. The third kappa shape index (κ3) is 3.18. The quantitative estimate of drug-likeness (QED) is 0.672. The van der Waals surface area contributed by atoms with Gasteiger partial charge in [0.2, 0.25) is 0 Å². The predicted octanol–water partition coefficient (Wildman–Crippen LogP) is 3.12. The van der Waals surface area contributed by atoms with E-state index >= 15 is 0 Å². The van der Waals surface area contributed by atoms with Gasteiger partial charge in [0, 0.05) is 19.0 Å². The summed E-state index contributed by atoms with van der Waals surface area (Å²) in [6.45, 7) is 0. The normalized spacial score (nSPS) is 14.6. The molecule has 1 saturated carbocycles. The van der Waals surface area contributed by atoms with Gasteiger partial charge in [-0.25, -0.2) is 9.97 Å². The zero-order chi connectivity index (χ0) is 13.2. The third-order valence-electron chi connectivity index (χ3n) is 2.67. The largest absolute Gasteiger partial charge is 0.373 e. The number of aromatic nitrogens is 4. The molecular weight excluding hydrogens is 298 g/mol. The minimum atomic E-state index is 0.545. The zero-order valence-electron chi connectivity index (χ0n) is 10.6. The van der Waals surface area contributed by atoms with Gasteiger partial charge in [0.15, 0.2) is 8.68 Å². The molecule has 0 unspecified atom stereocenters. The molecule has 19 heavy (non-hydrogen) atoms. The van der Waals surface area contributed by atoms with Gasteiger partial charge in [-0.2, -0.15) is 0 Å². The number of rotatable bonds is 5. The van der Waals surface area contributed by atoms with Crippen LogP contribution < -0.4 is 5.32 Å². The van der Waals surface area contributed by atoms with Gasteiger partial charge in [-0.1, -0.05) is 23.1 Å². The fourth-order valence-corrected chi connectivity index (χ4v) is 3.95. The van der Waals surface area contributed by atoms with Gasteiger partial charge in [0.05, 0.1) is 0 Å². The molecule has 0 atom stereocenters. The summed E-state index contributed by atoms with van der Waals surface area (Å²) >= 11 is 4.76. The standard InChI is InChI=1S/C11H13N5S3/c1-12-7-5-8(14-9(13-7)6-3-4-6)18-11-16-15-10(17-2)19-11/h5-6H,3-4H2,1-2H3,(H,12,13,14). The lowest BCUT2D eigenvalue weighted by Gasteiger charge is -2.05. The number of thioether (sulfide) groups is 1. The molecule has 1 aliphatic rings. The Labute approximate surface area is 124 Å². The second-order valence-corrected chi connectivity index (χ2v) is 7.41. The molecule has 0 radical (unpaired) electrons. The van der Waals surface area contributed by atoms with Crippen LogP contribution in [0.1, 0.15) is 24.6 Å². The number of nitrogens with zero attached hydrogens (tertiary/aromatic N) is 4. The van der Waals surface area contributed by atoms with Gasteiger partial charge in [-0.15, -0.1) is 10.2 Å². The Hall–Kier alpha value is -0.860. The van der Waals surface area contributed by atoms with Crippen LogP contribution in [-0.2, 0) is 0 Å². The van der Waals surface area contributed by atoms with Crippen molar-refractivity contribution in [2.24, 2.45) is 0 Å². The van der Waals surface area contributed by atoms with E-state index < -0.39 is 0 Å². The Balaban J connectivity index is 1.84. The van der Waals surface area contributed by atoms with Crippen molar-refractivity contribution in [2.45, 2.75) is 32.5 Å². The maximum absolute atomic E-state index is 4.62. The molecule has 2 aromatic heterocycles. The minimum absolute atomic E-state index is 0.545. The van der Waals surface area contributed by atoms with Crippen molar-refractivity contribution < 1.29 is 0 Å². The lowest BCUT2D eigenvalue weighted by molar-refractivity contribution is 0.878. The molecule has 1 fully saturated rings. The van der Waals surface area contributed by atoms with Crippen LogP contribution >= 0.6 is 34.9 Å². The molecule has 0 spiro atoms. The third-order valence-corrected chi connectivity index (χ3v) is 5.54. The highest BCUT2D eigenvalue weighted by Gasteiger charge is 2.27. The zero-order valence-corrected chi connectivity index (χ0v) is 13.0. The van der Waals surface area contributed by atoms with Crippen LogP contribution in [0.25, 0.3) is 0 Å². The molecular formula is C11H13N5S3. The van der Waals surface area contributed by atoms with Crippen LogP contribution in [0, 0.1) is 0 Å². The first-order valence-corrected chi connectivity index (χ1v) is 8.76. The van der Waals surface area contributed by atoms with Gasteiger partial charge >= 0.3 is 0 Å². The van der Waals surface area contributed by atoms with Crippen molar-refractivity contribution in [1.29, 1.82) is 0 Å². The molecule has 2 aromatic rings. The molecule has 100 valence electrons. The van der Waals surface area contributed by atoms with Crippen molar-refractivity contribution in [2.75, 3.05) is 18.6 Å². The van der Waals surface area contributed by atoms with Crippen LogP contribution in [0.3, 0.4) is 0 Å². The summed E-state index contributed by atoms with van der Waals surface area (Å²) in [5.41, 5.74) is 0. The van der Waals surface area contributed by atoms with Gasteiger partial charge < -0.3 is 5.32 Å². The van der Waals surface area contributed by atoms with Crippen LogP contribution in [0.4, 0.5) is 5.82 Å².